The fraction of sp³-hybridized carbons (Fsp3) is 0.426. The van der Waals surface area contributed by atoms with E-state index < -0.39 is 0 Å². The molecule has 3 N–H and O–H groups in total. The SMILES string of the molecule is CCc1nc2c(cnn2CC)c(NC2CCOCC2)c1CNC(=O)c1cccc(C(=O)NCc2cccc(-c3cccc(CN4CCN(C(=O)OCC(C)C)CC4)c3)c2)c1. The second-order valence-electron chi connectivity index (χ2n) is 16.1. The molecule has 0 radical (unpaired) electrons. The van der Waals surface area contributed by atoms with Crippen molar-refractivity contribution in [1.29, 1.82) is 0 Å². The Hall–Kier alpha value is -5.79. The molecule has 2 aliphatic rings. The average molecular weight is 815 g/mol. The van der Waals surface area contributed by atoms with E-state index in [0.717, 1.165) is 77.1 Å². The first-order valence-corrected chi connectivity index (χ1v) is 21.4. The van der Waals surface area contributed by atoms with E-state index in [4.69, 9.17) is 14.5 Å². The number of amides is 3. The third-order valence-corrected chi connectivity index (χ3v) is 11.2. The smallest absolute Gasteiger partial charge is 0.409 e. The minimum absolute atomic E-state index is 0.226. The van der Waals surface area contributed by atoms with Gasteiger partial charge in [-0.05, 0) is 84.7 Å². The van der Waals surface area contributed by atoms with E-state index in [9.17, 15) is 14.4 Å². The van der Waals surface area contributed by atoms with Crippen molar-refractivity contribution in [2.75, 3.05) is 51.3 Å². The predicted molar refractivity (Wildman–Crippen MR) is 234 cm³/mol. The fourth-order valence-electron chi connectivity index (χ4n) is 7.84. The number of benzene rings is 3. The van der Waals surface area contributed by atoms with Crippen LogP contribution in [0.5, 0.6) is 0 Å². The number of rotatable bonds is 15. The molecule has 7 rings (SSSR count). The summed E-state index contributed by atoms with van der Waals surface area (Å²) in [6.07, 6.45) is 4.12. The summed E-state index contributed by atoms with van der Waals surface area (Å²) < 4.78 is 12.9. The first-order chi connectivity index (χ1) is 29.2. The predicted octanol–water partition coefficient (Wildman–Crippen LogP) is 7.04. The summed E-state index contributed by atoms with van der Waals surface area (Å²) in [7, 11) is 0. The third-order valence-electron chi connectivity index (χ3n) is 11.2. The van der Waals surface area contributed by atoms with E-state index in [0.29, 0.717) is 69.5 Å². The van der Waals surface area contributed by atoms with Gasteiger partial charge in [0.2, 0.25) is 0 Å². The van der Waals surface area contributed by atoms with Gasteiger partial charge in [-0.25, -0.2) is 14.5 Å². The number of carbonyl (C=O) groups is 3. The summed E-state index contributed by atoms with van der Waals surface area (Å²) >= 11 is 0. The molecule has 60 heavy (non-hydrogen) atoms. The standard InChI is InChI=1S/C47H58N8O5/c1-5-42-40(43(51-39-16-22-59-23-17-39)41-29-50-55(6-2)44(41)52-42)28-49-46(57)38-15-9-14-37(26-38)45(56)48-27-33-10-7-12-35(24-33)36-13-8-11-34(25-36)30-53-18-20-54(21-19-53)47(58)60-31-32(3)4/h7-15,24-26,29,32,39H,5-6,16-23,27-28,30-31H2,1-4H3,(H,48,56)(H,49,57)(H,51,52). The Kier molecular flexibility index (Phi) is 14.1. The Morgan fingerprint density at radius 2 is 1.48 bits per heavy atom. The maximum atomic E-state index is 13.6. The molecule has 0 atom stereocenters. The molecular weight excluding hydrogens is 757 g/mol. The summed E-state index contributed by atoms with van der Waals surface area (Å²) in [6, 6.07) is 23.8. The second kappa shape index (κ2) is 20.0. The topological polar surface area (TPSA) is 143 Å². The van der Waals surface area contributed by atoms with Gasteiger partial charge in [0.1, 0.15) is 0 Å². The molecule has 5 aromatic rings. The second-order valence-corrected chi connectivity index (χ2v) is 16.1. The van der Waals surface area contributed by atoms with Crippen LogP contribution < -0.4 is 16.0 Å². The highest BCUT2D eigenvalue weighted by molar-refractivity contribution is 6.00. The van der Waals surface area contributed by atoms with Gasteiger partial charge in [0.25, 0.3) is 11.8 Å². The van der Waals surface area contributed by atoms with Crippen molar-refractivity contribution in [2.45, 2.75) is 79.2 Å². The Bertz CT molecular complexity index is 2280. The van der Waals surface area contributed by atoms with Crippen LogP contribution in [0.25, 0.3) is 22.2 Å². The maximum absolute atomic E-state index is 13.6. The maximum Gasteiger partial charge on any atom is 0.409 e. The van der Waals surface area contributed by atoms with Gasteiger partial charge in [-0.1, -0.05) is 63.2 Å². The van der Waals surface area contributed by atoms with Crippen molar-refractivity contribution in [3.63, 3.8) is 0 Å². The Balaban J connectivity index is 0.957. The molecular formula is C47H58N8O5. The highest BCUT2D eigenvalue weighted by Crippen LogP contribution is 2.31. The van der Waals surface area contributed by atoms with Crippen molar-refractivity contribution in [1.82, 2.24) is 35.2 Å². The summed E-state index contributed by atoms with van der Waals surface area (Å²) in [4.78, 5) is 48.6. The molecule has 2 fully saturated rings. The number of ether oxygens (including phenoxy) is 2. The number of nitrogens with zero attached hydrogens (tertiary/aromatic N) is 5. The van der Waals surface area contributed by atoms with E-state index in [1.165, 1.54) is 5.56 Å². The summed E-state index contributed by atoms with van der Waals surface area (Å²) in [5, 5.41) is 15.5. The molecule has 0 aliphatic carbocycles. The molecule has 0 saturated carbocycles. The summed E-state index contributed by atoms with van der Waals surface area (Å²) in [5.41, 5.74) is 8.78. The van der Waals surface area contributed by atoms with Crippen molar-refractivity contribution in [3.8, 4) is 11.1 Å². The van der Waals surface area contributed by atoms with Crippen LogP contribution in [0.4, 0.5) is 10.5 Å². The van der Waals surface area contributed by atoms with Crippen molar-refractivity contribution in [2.24, 2.45) is 5.92 Å². The molecule has 2 aromatic heterocycles. The zero-order valence-corrected chi connectivity index (χ0v) is 35.3. The Labute approximate surface area is 352 Å². The van der Waals surface area contributed by atoms with Crippen LogP contribution in [-0.2, 0) is 42.1 Å². The molecule has 4 heterocycles. The summed E-state index contributed by atoms with van der Waals surface area (Å²) in [5.74, 6) is -0.216. The number of aryl methyl sites for hydroxylation is 2. The van der Waals surface area contributed by atoms with E-state index in [1.807, 2.05) is 36.9 Å². The molecule has 13 heteroatoms. The normalized spacial score (nSPS) is 15.0. The van der Waals surface area contributed by atoms with Crippen LogP contribution in [0, 0.1) is 5.92 Å². The van der Waals surface area contributed by atoms with Gasteiger partial charge in [-0.15, -0.1) is 0 Å². The van der Waals surface area contributed by atoms with Gasteiger partial charge >= 0.3 is 6.09 Å². The number of nitrogens with one attached hydrogen (secondary N) is 3. The molecule has 3 aromatic carbocycles. The lowest BCUT2D eigenvalue weighted by Crippen LogP contribution is -2.48. The van der Waals surface area contributed by atoms with Crippen LogP contribution in [0.1, 0.15) is 83.6 Å². The number of anilines is 1. The zero-order valence-electron chi connectivity index (χ0n) is 35.3. The van der Waals surface area contributed by atoms with E-state index in [2.05, 4.69) is 76.2 Å². The zero-order chi connectivity index (χ0) is 42.0. The third kappa shape index (κ3) is 10.5. The first-order valence-electron chi connectivity index (χ1n) is 21.4. The number of fused-ring (bicyclic) bond motifs is 1. The number of carbonyl (C=O) groups excluding carboxylic acids is 3. The first kappa shape index (κ1) is 42.3. The number of aromatic nitrogens is 3. The van der Waals surface area contributed by atoms with Crippen LogP contribution in [0.3, 0.4) is 0 Å². The van der Waals surface area contributed by atoms with Gasteiger partial charge in [0, 0.05) is 94.0 Å². The molecule has 2 saturated heterocycles. The minimum atomic E-state index is -0.271. The van der Waals surface area contributed by atoms with E-state index >= 15 is 0 Å². The molecule has 13 nitrogen and oxygen atoms in total. The van der Waals surface area contributed by atoms with Crippen LogP contribution in [-0.4, -0.2) is 94.5 Å². The Morgan fingerprint density at radius 1 is 0.833 bits per heavy atom. The van der Waals surface area contributed by atoms with Gasteiger partial charge in [-0.2, -0.15) is 5.10 Å². The fourth-order valence-corrected chi connectivity index (χ4v) is 7.84. The van der Waals surface area contributed by atoms with Crippen LogP contribution >= 0.6 is 0 Å². The van der Waals surface area contributed by atoms with Gasteiger partial charge < -0.3 is 30.3 Å². The Morgan fingerprint density at radius 3 is 2.15 bits per heavy atom. The summed E-state index contributed by atoms with van der Waals surface area (Å²) in [6.45, 7) is 15.0. The molecule has 3 amide bonds. The van der Waals surface area contributed by atoms with E-state index in [1.54, 1.807) is 29.2 Å². The lowest BCUT2D eigenvalue weighted by atomic mass is 10.0. The molecule has 0 bridgehead atoms. The van der Waals surface area contributed by atoms with E-state index in [-0.39, 0.29) is 30.5 Å². The lowest BCUT2D eigenvalue weighted by molar-refractivity contribution is 0.0675. The van der Waals surface area contributed by atoms with Crippen molar-refractivity contribution in [3.05, 3.63) is 113 Å². The van der Waals surface area contributed by atoms with Gasteiger partial charge in [-0.3, -0.25) is 14.5 Å². The number of pyridine rings is 1. The largest absolute Gasteiger partial charge is 0.449 e. The lowest BCUT2D eigenvalue weighted by Gasteiger charge is -2.34. The molecule has 0 spiro atoms. The highest BCUT2D eigenvalue weighted by Gasteiger charge is 2.24. The minimum Gasteiger partial charge on any atom is -0.449 e. The van der Waals surface area contributed by atoms with Crippen molar-refractivity contribution < 1.29 is 23.9 Å². The average Bonchev–Trinajstić information content (AvgIpc) is 3.70. The van der Waals surface area contributed by atoms with Crippen LogP contribution in [0.2, 0.25) is 0 Å². The number of hydrogen-bond donors (Lipinski definition) is 3. The number of hydrogen-bond acceptors (Lipinski definition) is 9. The van der Waals surface area contributed by atoms with Gasteiger partial charge in [0.15, 0.2) is 5.65 Å². The highest BCUT2D eigenvalue weighted by atomic mass is 16.6. The van der Waals surface area contributed by atoms with Crippen molar-refractivity contribution >= 4 is 34.6 Å². The quantitative estimate of drug-likeness (QED) is 0.101. The van der Waals surface area contributed by atoms with Gasteiger partial charge in [0.05, 0.1) is 23.9 Å². The van der Waals surface area contributed by atoms with Crippen LogP contribution in [0.15, 0.2) is 79.0 Å². The molecule has 2 aliphatic heterocycles. The monoisotopic (exact) mass is 814 g/mol. The molecule has 316 valence electrons. The number of piperazine rings is 1. The molecule has 0 unspecified atom stereocenters.